The van der Waals surface area contributed by atoms with Crippen LogP contribution in [-0.4, -0.2) is 0 Å². The van der Waals surface area contributed by atoms with Gasteiger partial charge in [0.1, 0.15) is 0 Å². The van der Waals surface area contributed by atoms with E-state index in [1.54, 1.807) is 19.4 Å². The zero-order chi connectivity index (χ0) is 13.9. The number of fused-ring (bicyclic) bond motifs is 2. The van der Waals surface area contributed by atoms with E-state index in [-0.39, 0.29) is 0 Å². The monoisotopic (exact) mass is 348 g/mol. The molecule has 0 N–H and O–H groups in total. The molecule has 0 radical (unpaired) electrons. The van der Waals surface area contributed by atoms with Crippen LogP contribution >= 0.6 is 0 Å². The second-order valence-electron chi connectivity index (χ2n) is 6.67. The standard InChI is InChI=1S/2C9H7.C2H4.Zr/c2*1-2-5-9-7-3-6-8(9)4-1;1-2;/h2*1-2,4-6H,7H2;1-2H2;. The van der Waals surface area contributed by atoms with Crippen molar-refractivity contribution in [2.45, 2.75) is 21.1 Å². The van der Waals surface area contributed by atoms with Crippen molar-refractivity contribution in [2.24, 2.45) is 0 Å². The van der Waals surface area contributed by atoms with E-state index in [4.69, 9.17) is 0 Å². The molecule has 1 saturated heterocycles. The number of allylic oxidation sites excluding steroid dienone is 2. The van der Waals surface area contributed by atoms with E-state index in [0.29, 0.717) is 0 Å². The van der Waals surface area contributed by atoms with Crippen molar-refractivity contribution in [3.63, 3.8) is 0 Å². The molecule has 2 aliphatic carbocycles. The summed E-state index contributed by atoms with van der Waals surface area (Å²) in [5.41, 5.74) is 6.11. The minimum absolute atomic E-state index is 1.25. The van der Waals surface area contributed by atoms with Gasteiger partial charge < -0.3 is 0 Å². The fourth-order valence-electron chi connectivity index (χ4n) is 4.15. The molecule has 0 saturated carbocycles. The van der Waals surface area contributed by atoms with Gasteiger partial charge in [0.05, 0.1) is 0 Å². The van der Waals surface area contributed by atoms with Crippen molar-refractivity contribution >= 4 is 12.2 Å². The van der Waals surface area contributed by atoms with Gasteiger partial charge in [-0.1, -0.05) is 0 Å². The first-order valence-electron chi connectivity index (χ1n) is 7.93. The summed E-state index contributed by atoms with van der Waals surface area (Å²) in [5, 5.41) is 0. The van der Waals surface area contributed by atoms with Crippen LogP contribution in [0.4, 0.5) is 0 Å². The van der Waals surface area contributed by atoms with E-state index in [0.717, 1.165) is 0 Å². The Morgan fingerprint density at radius 3 is 1.52 bits per heavy atom. The van der Waals surface area contributed by atoms with Crippen LogP contribution < -0.4 is 0 Å². The van der Waals surface area contributed by atoms with E-state index in [2.05, 4.69) is 60.7 Å². The molecule has 1 aliphatic heterocycles. The maximum atomic E-state index is 2.56. The number of rotatable bonds is 2. The summed E-state index contributed by atoms with van der Waals surface area (Å²) in [7, 11) is 0. The first kappa shape index (κ1) is 12.4. The zero-order valence-electron chi connectivity index (χ0n) is 12.1. The van der Waals surface area contributed by atoms with Gasteiger partial charge in [-0.3, -0.25) is 0 Å². The molecule has 102 valence electrons. The van der Waals surface area contributed by atoms with Gasteiger partial charge in [-0.2, -0.15) is 0 Å². The predicted molar refractivity (Wildman–Crippen MR) is 85.9 cm³/mol. The fraction of sp³-hybridized carbons (Fsp3) is 0.200. The zero-order valence-corrected chi connectivity index (χ0v) is 14.6. The predicted octanol–water partition coefficient (Wildman–Crippen LogP) is 5.18. The maximum absolute atomic E-state index is 2.56. The molecule has 1 heteroatoms. The van der Waals surface area contributed by atoms with Gasteiger partial charge in [0.15, 0.2) is 0 Å². The van der Waals surface area contributed by atoms with Crippen molar-refractivity contribution in [3.05, 3.63) is 77.3 Å². The average molecular weight is 350 g/mol. The molecule has 0 atom stereocenters. The van der Waals surface area contributed by atoms with Crippen molar-refractivity contribution < 1.29 is 20.3 Å². The van der Waals surface area contributed by atoms with Gasteiger partial charge in [-0.05, 0) is 0 Å². The Morgan fingerprint density at radius 1 is 0.619 bits per heavy atom. The van der Waals surface area contributed by atoms with Crippen molar-refractivity contribution in [3.8, 4) is 0 Å². The first-order valence-corrected chi connectivity index (χ1v) is 13.9. The molecule has 0 nitrogen and oxygen atoms in total. The van der Waals surface area contributed by atoms with Crippen LogP contribution in [-0.2, 0) is 33.1 Å². The van der Waals surface area contributed by atoms with Crippen molar-refractivity contribution in [1.82, 2.24) is 0 Å². The first-order chi connectivity index (χ1) is 10.4. The van der Waals surface area contributed by atoms with Gasteiger partial charge in [-0.15, -0.1) is 0 Å². The molecule has 3 aliphatic rings. The number of hydrogen-bond donors (Lipinski definition) is 0. The Morgan fingerprint density at radius 2 is 1.10 bits per heavy atom. The third kappa shape index (κ3) is 1.83. The molecule has 0 unspecified atom stereocenters. The molecule has 2 aromatic carbocycles. The molecule has 21 heavy (non-hydrogen) atoms. The Bertz CT molecular complexity index is 741. The molecule has 0 amide bonds. The molecule has 5 rings (SSSR count). The summed E-state index contributed by atoms with van der Waals surface area (Å²) in [6.07, 6.45) is 7.62. The van der Waals surface area contributed by atoms with Crippen LogP contribution in [0.15, 0.2) is 55.1 Å². The Labute approximate surface area is 130 Å². The van der Waals surface area contributed by atoms with Gasteiger partial charge in [0, 0.05) is 0 Å². The molecule has 0 bridgehead atoms. The minimum atomic E-state index is -2.10. The van der Waals surface area contributed by atoms with Crippen LogP contribution in [0.5, 0.6) is 0 Å². The van der Waals surface area contributed by atoms with Crippen LogP contribution in [0.3, 0.4) is 0 Å². The second kappa shape index (κ2) is 4.40. The molecule has 0 aromatic heterocycles. The van der Waals surface area contributed by atoms with Gasteiger partial charge in [0.25, 0.3) is 0 Å². The normalized spacial score (nSPS) is 20.6. The number of benzene rings is 2. The summed E-state index contributed by atoms with van der Waals surface area (Å²) in [6, 6.07) is 18.0. The van der Waals surface area contributed by atoms with Gasteiger partial charge in [-0.25, -0.2) is 0 Å². The Balaban J connectivity index is 1.52. The van der Waals surface area contributed by atoms with Crippen LogP contribution in [0.25, 0.3) is 12.2 Å². The molecule has 0 spiro atoms. The van der Waals surface area contributed by atoms with E-state index < -0.39 is 20.3 Å². The summed E-state index contributed by atoms with van der Waals surface area (Å²) < 4.78 is 6.83. The molecular formula is C20H18Zr. The van der Waals surface area contributed by atoms with Crippen LogP contribution in [0.1, 0.15) is 22.3 Å². The van der Waals surface area contributed by atoms with Crippen LogP contribution in [0, 0.1) is 0 Å². The average Bonchev–Trinajstić information content (AvgIpc) is 3.03. The third-order valence-electron chi connectivity index (χ3n) is 5.51. The quantitative estimate of drug-likeness (QED) is 0.700. The molecule has 1 heterocycles. The summed E-state index contributed by atoms with van der Waals surface area (Å²) in [6.45, 7) is 0. The topological polar surface area (TPSA) is 0 Å². The summed E-state index contributed by atoms with van der Waals surface area (Å²) >= 11 is -2.10. The van der Waals surface area contributed by atoms with Gasteiger partial charge in [0.2, 0.25) is 0 Å². The van der Waals surface area contributed by atoms with E-state index in [1.165, 1.54) is 24.0 Å². The molecule has 1 fully saturated rings. The SMILES string of the molecule is C1=[C]([Zr]2([C]3=Cc4ccccc4C3)[CH2][CH2]2)Cc2ccccc21. The molecule has 2 aromatic rings. The Kier molecular flexibility index (Phi) is 2.59. The third-order valence-corrected chi connectivity index (χ3v) is 16.8. The fourth-order valence-corrected chi connectivity index (χ4v) is 17.3. The van der Waals surface area contributed by atoms with E-state index >= 15 is 0 Å². The second-order valence-corrected chi connectivity index (χ2v) is 17.6. The van der Waals surface area contributed by atoms with E-state index in [9.17, 15) is 0 Å². The van der Waals surface area contributed by atoms with Crippen molar-refractivity contribution in [2.75, 3.05) is 0 Å². The van der Waals surface area contributed by atoms with Gasteiger partial charge >= 0.3 is 131 Å². The summed E-state index contributed by atoms with van der Waals surface area (Å²) in [5.74, 6) is 0. The van der Waals surface area contributed by atoms with Crippen molar-refractivity contribution in [1.29, 1.82) is 0 Å². The Hall–Kier alpha value is -1.20. The summed E-state index contributed by atoms with van der Waals surface area (Å²) in [4.78, 5) is 0. The molecular weight excluding hydrogens is 331 g/mol. The van der Waals surface area contributed by atoms with Crippen LogP contribution in [0.2, 0.25) is 8.26 Å². The van der Waals surface area contributed by atoms with E-state index in [1.807, 2.05) is 6.56 Å². The number of hydrogen-bond acceptors (Lipinski definition) is 0.